The summed E-state index contributed by atoms with van der Waals surface area (Å²) in [7, 11) is -4.67. The Morgan fingerprint density at radius 1 is 1.50 bits per heavy atom. The molecule has 0 aliphatic rings. The van der Waals surface area contributed by atoms with E-state index in [1.807, 2.05) is 0 Å². The predicted molar refractivity (Wildman–Crippen MR) is 74.3 cm³/mol. The molecule has 1 heterocycles. The first-order valence-corrected chi connectivity index (χ1v) is 7.25. The number of nitrogens with zero attached hydrogens (tertiary/aromatic N) is 4. The molecule has 22 heavy (non-hydrogen) atoms. The molecule has 1 aromatic carbocycles. The maximum Gasteiger partial charge on any atom is 0.298 e. The van der Waals surface area contributed by atoms with Gasteiger partial charge in [-0.3, -0.25) is 4.55 Å². The molecule has 0 aliphatic carbocycles. The smallest absolute Gasteiger partial charge is 0.298 e. The molecular weight excluding hydrogens is 336 g/mol. The summed E-state index contributed by atoms with van der Waals surface area (Å²) in [5.74, 6) is -0.764. The van der Waals surface area contributed by atoms with Crippen molar-refractivity contribution in [2.24, 2.45) is 0 Å². The Hall–Kier alpha value is -2.68. The Morgan fingerprint density at radius 3 is 2.77 bits per heavy atom. The molecular formula is C10H7ClN6O4S. The van der Waals surface area contributed by atoms with Crippen LogP contribution in [-0.2, 0) is 10.1 Å². The Bertz CT molecular complexity index is 872. The summed E-state index contributed by atoms with van der Waals surface area (Å²) in [6.45, 7) is 0. The fourth-order valence-corrected chi connectivity index (χ4v) is 2.37. The highest BCUT2D eigenvalue weighted by molar-refractivity contribution is 7.86. The summed E-state index contributed by atoms with van der Waals surface area (Å²) in [5.41, 5.74) is -0.182. The maximum atomic E-state index is 11.1. The van der Waals surface area contributed by atoms with Gasteiger partial charge in [-0.15, -0.1) is 10.2 Å². The summed E-state index contributed by atoms with van der Waals surface area (Å²) in [5, 5.41) is 33.9. The van der Waals surface area contributed by atoms with Crippen molar-refractivity contribution in [1.29, 1.82) is 5.26 Å². The Labute approximate surface area is 128 Å². The van der Waals surface area contributed by atoms with Gasteiger partial charge in [-0.05, 0) is 17.3 Å². The highest BCUT2D eigenvalue weighted by Crippen LogP contribution is 2.34. The largest absolute Gasteiger partial charge is 0.504 e. The molecule has 2 aromatic rings. The first kappa shape index (κ1) is 15.7. The van der Waals surface area contributed by atoms with Gasteiger partial charge in [-0.2, -0.15) is 18.9 Å². The van der Waals surface area contributed by atoms with Crippen LogP contribution in [0.5, 0.6) is 5.75 Å². The molecule has 4 N–H and O–H groups in total. The van der Waals surface area contributed by atoms with Gasteiger partial charge in [0.1, 0.15) is 16.5 Å². The number of aromatic nitrogens is 4. The molecule has 12 heteroatoms. The van der Waals surface area contributed by atoms with E-state index in [1.165, 1.54) is 6.07 Å². The van der Waals surface area contributed by atoms with Crippen molar-refractivity contribution in [2.45, 2.75) is 4.90 Å². The molecule has 114 valence electrons. The molecule has 0 atom stereocenters. The second-order valence-electron chi connectivity index (χ2n) is 3.82. The average molecular weight is 343 g/mol. The van der Waals surface area contributed by atoms with Gasteiger partial charge in [-0.25, -0.2) is 0 Å². The number of rotatable bonds is 4. The van der Waals surface area contributed by atoms with E-state index in [9.17, 15) is 13.5 Å². The molecule has 1 aromatic heterocycles. The number of hydrogen-bond donors (Lipinski definition) is 4. The van der Waals surface area contributed by atoms with Crippen molar-refractivity contribution in [3.8, 4) is 11.8 Å². The lowest BCUT2D eigenvalue weighted by atomic mass is 10.2. The van der Waals surface area contributed by atoms with Gasteiger partial charge in [-0.1, -0.05) is 11.6 Å². The number of H-pyrrole nitrogens is 1. The number of aromatic amines is 1. The second kappa shape index (κ2) is 5.98. The van der Waals surface area contributed by atoms with E-state index >= 15 is 0 Å². The molecule has 0 fully saturated rings. The standard InChI is InChI=1S/C10H7ClN6O4S/c11-6-1-7(9(18)8(2-6)22(19,20)21)13-4-5(3-12)10-14-16-17-15-10/h1-2,4,13,18H,(H,19,20,21)(H,14,15,16,17). The van der Waals surface area contributed by atoms with Crippen molar-refractivity contribution in [1.82, 2.24) is 20.6 Å². The zero-order valence-corrected chi connectivity index (χ0v) is 12.1. The number of nitrogens with one attached hydrogen (secondary N) is 2. The molecule has 0 aliphatic heterocycles. The number of hydrogen-bond acceptors (Lipinski definition) is 8. The van der Waals surface area contributed by atoms with E-state index in [2.05, 4.69) is 25.9 Å². The maximum absolute atomic E-state index is 11.1. The van der Waals surface area contributed by atoms with Gasteiger partial charge in [0.25, 0.3) is 10.1 Å². The quantitative estimate of drug-likeness (QED) is 0.357. The predicted octanol–water partition coefficient (Wildman–Crippen LogP) is 0.782. The molecule has 0 saturated heterocycles. The van der Waals surface area contributed by atoms with Crippen molar-refractivity contribution in [3.05, 3.63) is 29.2 Å². The summed E-state index contributed by atoms with van der Waals surface area (Å²) in [6, 6.07) is 3.87. The lowest BCUT2D eigenvalue weighted by molar-refractivity contribution is 0.445. The molecule has 0 spiro atoms. The van der Waals surface area contributed by atoms with E-state index in [-0.39, 0.29) is 22.1 Å². The highest BCUT2D eigenvalue weighted by atomic mass is 35.5. The fourth-order valence-electron chi connectivity index (χ4n) is 1.45. The average Bonchev–Trinajstić information content (AvgIpc) is 2.95. The van der Waals surface area contributed by atoms with Crippen LogP contribution in [0.3, 0.4) is 0 Å². The van der Waals surface area contributed by atoms with Gasteiger partial charge in [0.05, 0.1) is 5.69 Å². The van der Waals surface area contributed by atoms with E-state index in [1.54, 1.807) is 6.07 Å². The zero-order chi connectivity index (χ0) is 16.3. The normalized spacial score (nSPS) is 12.0. The van der Waals surface area contributed by atoms with E-state index < -0.39 is 20.8 Å². The lowest BCUT2D eigenvalue weighted by Gasteiger charge is -2.09. The molecule has 2 rings (SSSR count). The minimum atomic E-state index is -4.67. The number of anilines is 1. The lowest BCUT2D eigenvalue weighted by Crippen LogP contribution is -2.01. The van der Waals surface area contributed by atoms with Crippen LogP contribution in [0.2, 0.25) is 5.02 Å². The minimum absolute atomic E-state index is 0.00785. The van der Waals surface area contributed by atoms with Crippen molar-refractivity contribution in [3.63, 3.8) is 0 Å². The second-order valence-corrected chi connectivity index (χ2v) is 5.65. The monoisotopic (exact) mass is 342 g/mol. The third-order valence-corrected chi connectivity index (χ3v) is 3.48. The number of nitriles is 1. The Morgan fingerprint density at radius 2 is 2.23 bits per heavy atom. The van der Waals surface area contributed by atoms with E-state index in [0.29, 0.717) is 0 Å². The van der Waals surface area contributed by atoms with Crippen LogP contribution >= 0.6 is 11.6 Å². The van der Waals surface area contributed by atoms with Crippen molar-refractivity contribution in [2.75, 3.05) is 5.32 Å². The van der Waals surface area contributed by atoms with Crippen LogP contribution in [0.15, 0.2) is 23.2 Å². The zero-order valence-electron chi connectivity index (χ0n) is 10.5. The molecule has 10 nitrogen and oxygen atoms in total. The van der Waals surface area contributed by atoms with Crippen LogP contribution in [0.4, 0.5) is 5.69 Å². The van der Waals surface area contributed by atoms with Gasteiger partial charge >= 0.3 is 0 Å². The molecule has 0 unspecified atom stereocenters. The molecule has 0 amide bonds. The van der Waals surface area contributed by atoms with Crippen LogP contribution in [0.1, 0.15) is 5.82 Å². The number of tetrazole rings is 1. The number of aromatic hydroxyl groups is 1. The first-order chi connectivity index (χ1) is 10.3. The fraction of sp³-hybridized carbons (Fsp3) is 0. The summed E-state index contributed by atoms with van der Waals surface area (Å²) in [4.78, 5) is -0.769. The first-order valence-electron chi connectivity index (χ1n) is 5.43. The van der Waals surface area contributed by atoms with Crippen LogP contribution in [0.25, 0.3) is 5.57 Å². The van der Waals surface area contributed by atoms with Gasteiger partial charge in [0.15, 0.2) is 5.75 Å². The number of allylic oxidation sites excluding steroid dienone is 1. The number of benzene rings is 1. The number of halogens is 1. The van der Waals surface area contributed by atoms with E-state index in [4.69, 9.17) is 21.4 Å². The molecule has 0 saturated carbocycles. The van der Waals surface area contributed by atoms with Gasteiger partial charge in [0, 0.05) is 11.2 Å². The number of phenolic OH excluding ortho intramolecular Hbond substituents is 1. The molecule has 0 bridgehead atoms. The van der Waals surface area contributed by atoms with Crippen LogP contribution in [-0.4, -0.2) is 38.7 Å². The van der Waals surface area contributed by atoms with Gasteiger partial charge < -0.3 is 10.4 Å². The topological polar surface area (TPSA) is 165 Å². The van der Waals surface area contributed by atoms with Gasteiger partial charge in [0.2, 0.25) is 5.82 Å². The molecule has 0 radical (unpaired) electrons. The van der Waals surface area contributed by atoms with Crippen molar-refractivity contribution >= 4 is 33.0 Å². The SMILES string of the molecule is N#CC(=CNc1cc(Cl)cc(S(=O)(=O)O)c1O)c1nn[nH]n1. The summed E-state index contributed by atoms with van der Waals surface area (Å²) >= 11 is 5.72. The van der Waals surface area contributed by atoms with E-state index in [0.717, 1.165) is 12.3 Å². The number of phenols is 1. The van der Waals surface area contributed by atoms with Crippen LogP contribution < -0.4 is 5.32 Å². The third kappa shape index (κ3) is 3.31. The minimum Gasteiger partial charge on any atom is -0.504 e. The van der Waals surface area contributed by atoms with Crippen LogP contribution in [0, 0.1) is 11.3 Å². The van der Waals surface area contributed by atoms with Crippen molar-refractivity contribution < 1.29 is 18.1 Å². The Balaban J connectivity index is 2.43. The summed E-state index contributed by atoms with van der Waals surface area (Å²) in [6.07, 6.45) is 1.12. The summed E-state index contributed by atoms with van der Waals surface area (Å²) < 4.78 is 31.3. The Kier molecular flexibility index (Phi) is 4.27. The highest BCUT2D eigenvalue weighted by Gasteiger charge is 2.19. The third-order valence-electron chi connectivity index (χ3n) is 2.40.